The number of para-hydroxylation sites is 1. The molecule has 46 heavy (non-hydrogen) atoms. The average molecular weight is 673 g/mol. The zero-order valence-electron chi connectivity index (χ0n) is 24.7. The highest BCUT2D eigenvalue weighted by Crippen LogP contribution is 2.35. The number of carbonyl (C=O) groups is 2. The lowest BCUT2D eigenvalue weighted by molar-refractivity contribution is -0.130. The number of amides is 2. The molecule has 2 amide bonds. The number of halogens is 1. The minimum atomic E-state index is -0.313. The number of hydrazone groups is 1. The molecule has 0 saturated carbocycles. The number of benzene rings is 3. The molecule has 1 unspecified atom stereocenters. The quantitative estimate of drug-likeness (QED) is 0.158. The van der Waals surface area contributed by atoms with Gasteiger partial charge in [0.2, 0.25) is 0 Å². The first-order valence-corrected chi connectivity index (χ1v) is 16.6. The number of thioether (sulfide) groups is 1. The summed E-state index contributed by atoms with van der Waals surface area (Å²) in [5.41, 5.74) is 2.53. The van der Waals surface area contributed by atoms with Crippen molar-refractivity contribution in [1.82, 2.24) is 25.1 Å². The van der Waals surface area contributed by atoms with Crippen LogP contribution < -0.4 is 14.8 Å². The molecular formula is C33H29ClN6O4S2. The Morgan fingerprint density at radius 1 is 1.00 bits per heavy atom. The number of nitrogens with one attached hydrogen (secondary N) is 1. The fraction of sp³-hybridized carbons (Fsp3) is 0.182. The molecule has 1 N–H and O–H groups in total. The van der Waals surface area contributed by atoms with E-state index in [-0.39, 0.29) is 36.8 Å². The molecule has 234 valence electrons. The van der Waals surface area contributed by atoms with Crippen molar-refractivity contribution in [3.63, 3.8) is 0 Å². The Balaban J connectivity index is 1.19. The van der Waals surface area contributed by atoms with Crippen LogP contribution in [0.3, 0.4) is 0 Å². The minimum absolute atomic E-state index is 0.0594. The molecular weight excluding hydrogens is 644 g/mol. The summed E-state index contributed by atoms with van der Waals surface area (Å²) in [4.78, 5) is 27.4. The van der Waals surface area contributed by atoms with Gasteiger partial charge in [-0.15, -0.1) is 21.5 Å². The lowest BCUT2D eigenvalue weighted by atomic mass is 10.0. The van der Waals surface area contributed by atoms with Gasteiger partial charge in [0, 0.05) is 11.4 Å². The third-order valence-corrected chi connectivity index (χ3v) is 9.19. The molecule has 10 nitrogen and oxygen atoms in total. The number of hydrogen-bond donors (Lipinski definition) is 1. The maximum Gasteiger partial charge on any atom is 0.258 e. The Bertz CT molecular complexity index is 1830. The minimum Gasteiger partial charge on any atom is -0.497 e. The number of ether oxygens (including phenoxy) is 2. The van der Waals surface area contributed by atoms with Gasteiger partial charge >= 0.3 is 0 Å². The van der Waals surface area contributed by atoms with Gasteiger partial charge < -0.3 is 14.8 Å². The van der Waals surface area contributed by atoms with Gasteiger partial charge in [-0.3, -0.25) is 14.2 Å². The number of methoxy groups -OCH3 is 1. The molecule has 13 heteroatoms. The molecule has 5 aromatic rings. The SMILES string of the molecule is COc1ccc(C2CC(c3cccs3)=NN2C(=O)CSc2nnc(CNC(=O)COc3ccccc3)n2-c2cccc(Cl)c2)cc1. The van der Waals surface area contributed by atoms with Crippen molar-refractivity contribution < 1.29 is 19.1 Å². The smallest absolute Gasteiger partial charge is 0.258 e. The highest BCUT2D eigenvalue weighted by atomic mass is 35.5. The highest BCUT2D eigenvalue weighted by molar-refractivity contribution is 7.99. The van der Waals surface area contributed by atoms with Crippen LogP contribution in [0, 0.1) is 0 Å². The van der Waals surface area contributed by atoms with Crippen molar-refractivity contribution >= 4 is 52.2 Å². The van der Waals surface area contributed by atoms with E-state index in [1.54, 1.807) is 52.3 Å². The summed E-state index contributed by atoms with van der Waals surface area (Å²) in [6.45, 7) is -0.0598. The van der Waals surface area contributed by atoms with Crippen LogP contribution in [0.25, 0.3) is 5.69 Å². The van der Waals surface area contributed by atoms with Crippen molar-refractivity contribution in [1.29, 1.82) is 0 Å². The van der Waals surface area contributed by atoms with Crippen molar-refractivity contribution in [2.24, 2.45) is 5.10 Å². The monoisotopic (exact) mass is 672 g/mol. The van der Waals surface area contributed by atoms with Crippen LogP contribution >= 0.6 is 34.7 Å². The van der Waals surface area contributed by atoms with Crippen molar-refractivity contribution in [2.45, 2.75) is 24.2 Å². The fourth-order valence-electron chi connectivity index (χ4n) is 4.89. The first-order valence-electron chi connectivity index (χ1n) is 14.3. The second kappa shape index (κ2) is 14.6. The first-order chi connectivity index (χ1) is 22.5. The predicted molar refractivity (Wildman–Crippen MR) is 179 cm³/mol. The largest absolute Gasteiger partial charge is 0.497 e. The highest BCUT2D eigenvalue weighted by Gasteiger charge is 2.33. The van der Waals surface area contributed by atoms with E-state index in [4.69, 9.17) is 26.2 Å². The Hall–Kier alpha value is -4.65. The predicted octanol–water partition coefficient (Wildman–Crippen LogP) is 6.16. The summed E-state index contributed by atoms with van der Waals surface area (Å²) in [6, 6.07) is 27.8. The lowest BCUT2D eigenvalue weighted by Gasteiger charge is -2.22. The van der Waals surface area contributed by atoms with E-state index in [1.807, 2.05) is 72.1 Å². The summed E-state index contributed by atoms with van der Waals surface area (Å²) >= 11 is 9.16. The van der Waals surface area contributed by atoms with Crippen LogP contribution in [0.2, 0.25) is 5.02 Å². The van der Waals surface area contributed by atoms with E-state index < -0.39 is 0 Å². The number of aromatic nitrogens is 3. The van der Waals surface area contributed by atoms with Gasteiger partial charge in [-0.05, 0) is 59.5 Å². The summed E-state index contributed by atoms with van der Waals surface area (Å²) in [5.74, 6) is 1.38. The summed E-state index contributed by atoms with van der Waals surface area (Å²) in [6.07, 6.45) is 0.597. The van der Waals surface area contributed by atoms with Gasteiger partial charge in [0.25, 0.3) is 11.8 Å². The lowest BCUT2D eigenvalue weighted by Crippen LogP contribution is -2.29. The number of carbonyl (C=O) groups excluding carboxylic acids is 2. The molecule has 0 fully saturated rings. The van der Waals surface area contributed by atoms with E-state index in [9.17, 15) is 9.59 Å². The van der Waals surface area contributed by atoms with Gasteiger partial charge in [-0.25, -0.2) is 5.01 Å². The fourth-order valence-corrected chi connectivity index (χ4v) is 6.62. The van der Waals surface area contributed by atoms with Crippen molar-refractivity contribution in [3.8, 4) is 17.2 Å². The Morgan fingerprint density at radius 2 is 1.83 bits per heavy atom. The van der Waals surface area contributed by atoms with Gasteiger partial charge in [0.15, 0.2) is 17.6 Å². The summed E-state index contributed by atoms with van der Waals surface area (Å²) in [5, 5.41) is 20.9. The molecule has 0 spiro atoms. The molecule has 1 atom stereocenters. The second-order valence-corrected chi connectivity index (χ2v) is 12.5. The van der Waals surface area contributed by atoms with Crippen LogP contribution in [0.4, 0.5) is 0 Å². The van der Waals surface area contributed by atoms with Gasteiger partial charge in [-0.2, -0.15) is 5.10 Å². The normalized spacial score (nSPS) is 14.2. The molecule has 6 rings (SSSR count). The van der Waals surface area contributed by atoms with Crippen LogP contribution in [0.5, 0.6) is 11.5 Å². The van der Waals surface area contributed by atoms with E-state index in [0.717, 1.165) is 21.9 Å². The molecule has 0 radical (unpaired) electrons. The number of nitrogens with zero attached hydrogens (tertiary/aromatic N) is 5. The summed E-state index contributed by atoms with van der Waals surface area (Å²) < 4.78 is 12.7. The zero-order valence-corrected chi connectivity index (χ0v) is 27.1. The zero-order chi connectivity index (χ0) is 31.9. The van der Waals surface area contributed by atoms with Crippen LogP contribution in [-0.4, -0.2) is 56.8 Å². The number of rotatable bonds is 12. The molecule has 1 aliphatic heterocycles. The molecule has 3 heterocycles. The van der Waals surface area contributed by atoms with Crippen LogP contribution in [-0.2, 0) is 16.1 Å². The van der Waals surface area contributed by atoms with Gasteiger partial charge in [0.05, 0.1) is 41.7 Å². The second-order valence-electron chi connectivity index (χ2n) is 10.1. The molecule has 1 aliphatic rings. The molecule has 3 aromatic carbocycles. The molecule has 2 aromatic heterocycles. The number of thiophene rings is 1. The standard InChI is InChI=1S/C33H29ClN6O4S2/c1-43-25-14-12-22(13-15-25)28-18-27(29-11-6-16-45-29)38-40(28)32(42)21-46-33-37-36-30(39(33)24-8-5-7-23(34)17-24)19-35-31(41)20-44-26-9-3-2-4-10-26/h2-17,28H,18-21H2,1H3,(H,35,41). The topological polar surface area (TPSA) is 111 Å². The third kappa shape index (κ3) is 7.41. The molecule has 0 bridgehead atoms. The van der Waals surface area contributed by atoms with E-state index in [1.165, 1.54) is 11.8 Å². The Morgan fingerprint density at radius 3 is 2.57 bits per heavy atom. The van der Waals surface area contributed by atoms with Crippen LogP contribution in [0.15, 0.2) is 107 Å². The van der Waals surface area contributed by atoms with Gasteiger partial charge in [0.1, 0.15) is 11.5 Å². The van der Waals surface area contributed by atoms with Crippen molar-refractivity contribution in [2.75, 3.05) is 19.5 Å². The van der Waals surface area contributed by atoms with E-state index in [2.05, 4.69) is 15.5 Å². The maximum atomic E-state index is 13.8. The summed E-state index contributed by atoms with van der Waals surface area (Å²) in [7, 11) is 1.62. The Labute approximate surface area is 279 Å². The first kappa shape index (κ1) is 31.3. The molecule has 0 aliphatic carbocycles. The molecule has 0 saturated heterocycles. The third-order valence-electron chi connectivity index (χ3n) is 7.12. The van der Waals surface area contributed by atoms with E-state index in [0.29, 0.717) is 33.9 Å². The maximum absolute atomic E-state index is 13.8. The number of hydrogen-bond acceptors (Lipinski definition) is 9. The van der Waals surface area contributed by atoms with E-state index >= 15 is 0 Å². The van der Waals surface area contributed by atoms with Crippen molar-refractivity contribution in [3.05, 3.63) is 118 Å². The average Bonchev–Trinajstić information content (AvgIpc) is 3.86. The Kier molecular flexibility index (Phi) is 9.97. The van der Waals surface area contributed by atoms with Gasteiger partial charge in [-0.1, -0.05) is 65.8 Å². The van der Waals surface area contributed by atoms with Crippen LogP contribution in [0.1, 0.15) is 28.7 Å².